The van der Waals surface area contributed by atoms with Crippen LogP contribution >= 0.6 is 11.8 Å². The zero-order chi connectivity index (χ0) is 20.2. The Hall–Kier alpha value is -3.06. The zero-order valence-electron chi connectivity index (χ0n) is 16.4. The smallest absolute Gasteiger partial charge is 0.234 e. The highest BCUT2D eigenvalue weighted by molar-refractivity contribution is 8.00. The summed E-state index contributed by atoms with van der Waals surface area (Å²) in [6.45, 7) is 6.16. The van der Waals surface area contributed by atoms with E-state index >= 15 is 0 Å². The number of furan rings is 1. The summed E-state index contributed by atoms with van der Waals surface area (Å²) in [5.41, 5.74) is 4.09. The van der Waals surface area contributed by atoms with Gasteiger partial charge in [-0.15, -0.1) is 0 Å². The molecule has 0 atom stereocenters. The van der Waals surface area contributed by atoms with Crippen LogP contribution in [-0.4, -0.2) is 34.7 Å². The molecule has 4 rings (SSSR count). The van der Waals surface area contributed by atoms with Gasteiger partial charge in [-0.05, 0) is 50.2 Å². The van der Waals surface area contributed by atoms with Crippen molar-refractivity contribution in [3.63, 3.8) is 0 Å². The number of amides is 1. The lowest BCUT2D eigenvalue weighted by Gasteiger charge is -2.21. The monoisotopic (exact) mass is 406 g/mol. The second kappa shape index (κ2) is 8.53. The third kappa shape index (κ3) is 4.05. The van der Waals surface area contributed by atoms with E-state index in [0.717, 1.165) is 41.0 Å². The quantitative estimate of drug-likeness (QED) is 0.346. The molecule has 29 heavy (non-hydrogen) atoms. The van der Waals surface area contributed by atoms with Crippen molar-refractivity contribution in [2.24, 2.45) is 0 Å². The summed E-state index contributed by atoms with van der Waals surface area (Å²) in [6.07, 6.45) is 1.51. The SMILES string of the molecule is CCN(CC)c1ccc(NC(=O)CSc2ncnc3c2oc2ccccc23)cc1. The van der Waals surface area contributed by atoms with Gasteiger partial charge >= 0.3 is 0 Å². The number of carbonyl (C=O) groups excluding carboxylic acids is 1. The van der Waals surface area contributed by atoms with E-state index in [1.54, 1.807) is 0 Å². The van der Waals surface area contributed by atoms with E-state index in [9.17, 15) is 4.79 Å². The number of fused-ring (bicyclic) bond motifs is 3. The highest BCUT2D eigenvalue weighted by atomic mass is 32.2. The predicted octanol–water partition coefficient (Wildman–Crippen LogP) is 4.95. The van der Waals surface area contributed by atoms with Crippen LogP contribution in [-0.2, 0) is 4.79 Å². The fourth-order valence-corrected chi connectivity index (χ4v) is 4.01. The summed E-state index contributed by atoms with van der Waals surface area (Å²) in [4.78, 5) is 23.3. The number of hydrogen-bond acceptors (Lipinski definition) is 6. The second-order valence-corrected chi connectivity index (χ2v) is 7.47. The Morgan fingerprint density at radius 3 is 2.59 bits per heavy atom. The lowest BCUT2D eigenvalue weighted by molar-refractivity contribution is -0.113. The van der Waals surface area contributed by atoms with Gasteiger partial charge in [0.05, 0.1) is 5.75 Å². The van der Waals surface area contributed by atoms with E-state index in [4.69, 9.17) is 4.42 Å². The number of nitrogens with zero attached hydrogens (tertiary/aromatic N) is 3. The topological polar surface area (TPSA) is 71.3 Å². The van der Waals surface area contributed by atoms with Crippen molar-refractivity contribution in [2.75, 3.05) is 29.1 Å². The fraction of sp³-hybridized carbons (Fsp3) is 0.227. The molecule has 0 fully saturated rings. The summed E-state index contributed by atoms with van der Waals surface area (Å²) in [5, 5.41) is 4.55. The van der Waals surface area contributed by atoms with Crippen molar-refractivity contribution >= 4 is 51.1 Å². The minimum Gasteiger partial charge on any atom is -0.451 e. The molecule has 0 aliphatic rings. The molecule has 0 saturated carbocycles. The van der Waals surface area contributed by atoms with Gasteiger partial charge in [-0.1, -0.05) is 23.9 Å². The first-order valence-electron chi connectivity index (χ1n) is 9.59. The van der Waals surface area contributed by atoms with Crippen LogP contribution < -0.4 is 10.2 Å². The Bertz CT molecular complexity index is 1140. The van der Waals surface area contributed by atoms with Gasteiger partial charge in [0.2, 0.25) is 5.91 Å². The maximum Gasteiger partial charge on any atom is 0.234 e. The Morgan fingerprint density at radius 1 is 1.07 bits per heavy atom. The summed E-state index contributed by atoms with van der Waals surface area (Å²) >= 11 is 1.34. The molecule has 2 aromatic carbocycles. The Balaban J connectivity index is 1.43. The molecule has 6 nitrogen and oxygen atoms in total. The van der Waals surface area contributed by atoms with Crippen LogP contribution in [0.1, 0.15) is 13.8 Å². The second-order valence-electron chi connectivity index (χ2n) is 6.51. The normalized spacial score (nSPS) is 11.1. The van der Waals surface area contributed by atoms with Crippen LogP contribution in [0.15, 0.2) is 64.3 Å². The van der Waals surface area contributed by atoms with Crippen LogP contribution in [0.25, 0.3) is 22.1 Å². The van der Waals surface area contributed by atoms with E-state index in [2.05, 4.69) is 34.0 Å². The molecule has 0 radical (unpaired) electrons. The van der Waals surface area contributed by atoms with Crippen molar-refractivity contribution in [3.05, 3.63) is 54.9 Å². The molecule has 2 heterocycles. The van der Waals surface area contributed by atoms with Gasteiger partial charge in [0.15, 0.2) is 5.58 Å². The summed E-state index contributed by atoms with van der Waals surface area (Å²) < 4.78 is 5.91. The third-order valence-corrected chi connectivity index (χ3v) is 5.72. The van der Waals surface area contributed by atoms with Gasteiger partial charge < -0.3 is 14.6 Å². The third-order valence-electron chi connectivity index (χ3n) is 4.74. The number of anilines is 2. The Kier molecular flexibility index (Phi) is 5.67. The van der Waals surface area contributed by atoms with Gasteiger partial charge in [-0.25, -0.2) is 9.97 Å². The van der Waals surface area contributed by atoms with Crippen LogP contribution in [0, 0.1) is 0 Å². The molecule has 0 aliphatic heterocycles. The first kappa shape index (κ1) is 19.3. The minimum absolute atomic E-state index is 0.0894. The average Bonchev–Trinajstić information content (AvgIpc) is 3.14. The zero-order valence-corrected chi connectivity index (χ0v) is 17.2. The summed E-state index contributed by atoms with van der Waals surface area (Å²) in [5.74, 6) is 0.148. The maximum absolute atomic E-state index is 12.4. The van der Waals surface area contributed by atoms with Crippen molar-refractivity contribution in [3.8, 4) is 0 Å². The summed E-state index contributed by atoms with van der Waals surface area (Å²) in [7, 11) is 0. The molecule has 0 spiro atoms. The molecule has 0 saturated heterocycles. The number of hydrogen-bond donors (Lipinski definition) is 1. The van der Waals surface area contributed by atoms with Gasteiger partial charge in [0, 0.05) is 29.9 Å². The number of benzene rings is 2. The van der Waals surface area contributed by atoms with Crippen molar-refractivity contribution in [2.45, 2.75) is 18.9 Å². The number of aromatic nitrogens is 2. The van der Waals surface area contributed by atoms with E-state index in [1.165, 1.54) is 18.1 Å². The average molecular weight is 407 g/mol. The van der Waals surface area contributed by atoms with Crippen molar-refractivity contribution in [1.29, 1.82) is 0 Å². The van der Waals surface area contributed by atoms with Gasteiger partial charge in [0.25, 0.3) is 0 Å². The highest BCUT2D eigenvalue weighted by Crippen LogP contribution is 2.32. The molecule has 0 unspecified atom stereocenters. The molecular formula is C22H22N4O2S. The van der Waals surface area contributed by atoms with Crippen LogP contribution in [0.2, 0.25) is 0 Å². The van der Waals surface area contributed by atoms with Crippen LogP contribution in [0.4, 0.5) is 11.4 Å². The first-order valence-corrected chi connectivity index (χ1v) is 10.6. The molecule has 0 bridgehead atoms. The number of thioether (sulfide) groups is 1. The molecule has 7 heteroatoms. The van der Waals surface area contributed by atoms with Gasteiger partial charge in [-0.3, -0.25) is 4.79 Å². The lowest BCUT2D eigenvalue weighted by Crippen LogP contribution is -2.21. The summed E-state index contributed by atoms with van der Waals surface area (Å²) in [6, 6.07) is 15.7. The maximum atomic E-state index is 12.4. The molecule has 4 aromatic rings. The van der Waals surface area contributed by atoms with Crippen LogP contribution in [0.5, 0.6) is 0 Å². The van der Waals surface area contributed by atoms with Gasteiger partial charge in [-0.2, -0.15) is 0 Å². The van der Waals surface area contributed by atoms with E-state index in [1.807, 2.05) is 48.5 Å². The van der Waals surface area contributed by atoms with Crippen molar-refractivity contribution < 1.29 is 9.21 Å². The molecule has 1 amide bonds. The lowest BCUT2D eigenvalue weighted by atomic mass is 10.2. The predicted molar refractivity (Wildman–Crippen MR) is 119 cm³/mol. The standard InChI is InChI=1S/C22H22N4O2S/c1-3-26(4-2)16-11-9-15(10-12-16)25-19(27)13-29-22-21-20(23-14-24-22)17-7-5-6-8-18(17)28-21/h5-12,14H,3-4,13H2,1-2H3,(H,25,27). The van der Waals surface area contributed by atoms with Crippen LogP contribution in [0.3, 0.4) is 0 Å². The van der Waals surface area contributed by atoms with Crippen molar-refractivity contribution in [1.82, 2.24) is 9.97 Å². The Labute approximate surface area is 173 Å². The molecule has 0 aliphatic carbocycles. The first-order chi connectivity index (χ1) is 14.2. The minimum atomic E-state index is -0.0894. The highest BCUT2D eigenvalue weighted by Gasteiger charge is 2.14. The van der Waals surface area contributed by atoms with Gasteiger partial charge in [0.1, 0.15) is 22.5 Å². The molecular weight excluding hydrogens is 384 g/mol. The van der Waals surface area contributed by atoms with E-state index < -0.39 is 0 Å². The number of para-hydroxylation sites is 1. The molecule has 148 valence electrons. The number of carbonyl (C=O) groups is 1. The molecule has 2 aromatic heterocycles. The van der Waals surface area contributed by atoms with E-state index in [0.29, 0.717) is 10.6 Å². The van der Waals surface area contributed by atoms with E-state index in [-0.39, 0.29) is 11.7 Å². The molecule has 1 N–H and O–H groups in total. The Morgan fingerprint density at radius 2 is 1.83 bits per heavy atom. The fourth-order valence-electron chi connectivity index (χ4n) is 3.28. The largest absolute Gasteiger partial charge is 0.451 e. The number of nitrogens with one attached hydrogen (secondary N) is 1. The number of rotatable bonds is 7.